The van der Waals surface area contributed by atoms with E-state index in [4.69, 9.17) is 13.9 Å². The van der Waals surface area contributed by atoms with Crippen molar-refractivity contribution in [1.82, 2.24) is 5.43 Å². The van der Waals surface area contributed by atoms with Gasteiger partial charge in [-0.15, -0.1) is 0 Å². The first-order valence-electron chi connectivity index (χ1n) is 8.82. The SMILES string of the molecule is COC(=O)c1cccc(-c2ccc(/C=N\NC(=O)Cc3ccc(OC)cc3)o2)c1. The minimum absolute atomic E-state index is 0.199. The van der Waals surface area contributed by atoms with E-state index in [0.717, 1.165) is 16.9 Å². The number of amides is 1. The maximum Gasteiger partial charge on any atom is 0.337 e. The van der Waals surface area contributed by atoms with Crippen LogP contribution >= 0.6 is 0 Å². The number of hydrogen-bond donors (Lipinski definition) is 1. The molecule has 29 heavy (non-hydrogen) atoms. The van der Waals surface area contributed by atoms with Gasteiger partial charge >= 0.3 is 5.97 Å². The van der Waals surface area contributed by atoms with E-state index < -0.39 is 5.97 Å². The number of hydrazone groups is 1. The average molecular weight is 392 g/mol. The summed E-state index contributed by atoms with van der Waals surface area (Å²) in [6.45, 7) is 0. The molecule has 0 saturated heterocycles. The molecule has 2 aromatic carbocycles. The lowest BCUT2D eigenvalue weighted by molar-refractivity contribution is -0.120. The molecule has 7 heteroatoms. The van der Waals surface area contributed by atoms with Crippen LogP contribution in [0.5, 0.6) is 5.75 Å². The predicted molar refractivity (Wildman–Crippen MR) is 108 cm³/mol. The van der Waals surface area contributed by atoms with Crippen molar-refractivity contribution in [3.63, 3.8) is 0 Å². The van der Waals surface area contributed by atoms with E-state index in [1.165, 1.54) is 13.3 Å². The Bertz CT molecular complexity index is 1020. The molecule has 0 aliphatic carbocycles. The second-order valence-corrected chi connectivity index (χ2v) is 6.09. The number of nitrogens with zero attached hydrogens (tertiary/aromatic N) is 1. The van der Waals surface area contributed by atoms with Gasteiger partial charge in [0.15, 0.2) is 0 Å². The molecule has 3 aromatic rings. The van der Waals surface area contributed by atoms with E-state index in [1.807, 2.05) is 18.2 Å². The van der Waals surface area contributed by atoms with Crippen LogP contribution in [-0.4, -0.2) is 32.3 Å². The van der Waals surface area contributed by atoms with Gasteiger partial charge in [0.1, 0.15) is 17.3 Å². The fourth-order valence-corrected chi connectivity index (χ4v) is 2.63. The van der Waals surface area contributed by atoms with E-state index in [2.05, 4.69) is 10.5 Å². The zero-order chi connectivity index (χ0) is 20.6. The first-order chi connectivity index (χ1) is 14.1. The lowest BCUT2D eigenvalue weighted by Gasteiger charge is -2.02. The number of esters is 1. The smallest absolute Gasteiger partial charge is 0.337 e. The Labute approximate surface area is 167 Å². The number of carbonyl (C=O) groups is 2. The fourth-order valence-electron chi connectivity index (χ4n) is 2.63. The molecular formula is C22H20N2O5. The van der Waals surface area contributed by atoms with Crippen molar-refractivity contribution in [1.29, 1.82) is 0 Å². The number of rotatable bonds is 7. The van der Waals surface area contributed by atoms with E-state index in [-0.39, 0.29) is 12.3 Å². The van der Waals surface area contributed by atoms with Crippen LogP contribution in [0.2, 0.25) is 0 Å². The molecule has 0 spiro atoms. The fraction of sp³-hybridized carbons (Fsp3) is 0.136. The summed E-state index contributed by atoms with van der Waals surface area (Å²) in [6, 6.07) is 17.6. The zero-order valence-corrected chi connectivity index (χ0v) is 16.0. The third kappa shape index (κ3) is 5.32. The van der Waals surface area contributed by atoms with Gasteiger partial charge in [-0.1, -0.05) is 24.3 Å². The standard InChI is InChI=1S/C22H20N2O5/c1-27-18-8-6-15(7-9-18)12-21(25)24-23-14-19-10-11-20(29-19)16-4-3-5-17(13-16)22(26)28-2/h3-11,13-14H,12H2,1-2H3,(H,24,25)/b23-14-. The summed E-state index contributed by atoms with van der Waals surface area (Å²) in [5.74, 6) is 1.11. The first kappa shape index (κ1) is 19.9. The van der Waals surface area contributed by atoms with E-state index in [9.17, 15) is 9.59 Å². The molecule has 1 amide bonds. The lowest BCUT2D eigenvalue weighted by atomic mass is 10.1. The Morgan fingerprint density at radius 1 is 1.07 bits per heavy atom. The van der Waals surface area contributed by atoms with Gasteiger partial charge in [-0.25, -0.2) is 10.2 Å². The van der Waals surface area contributed by atoms with Crippen molar-refractivity contribution in [3.05, 3.63) is 77.6 Å². The third-order valence-electron chi connectivity index (χ3n) is 4.10. The maximum atomic E-state index is 12.0. The van der Waals surface area contributed by atoms with E-state index in [1.54, 1.807) is 49.6 Å². The van der Waals surface area contributed by atoms with Crippen LogP contribution in [-0.2, 0) is 16.0 Å². The van der Waals surface area contributed by atoms with Crippen molar-refractivity contribution in [2.45, 2.75) is 6.42 Å². The number of furan rings is 1. The second-order valence-electron chi connectivity index (χ2n) is 6.09. The molecule has 1 aromatic heterocycles. The Morgan fingerprint density at radius 3 is 2.59 bits per heavy atom. The molecule has 0 saturated carbocycles. The maximum absolute atomic E-state index is 12.0. The van der Waals surface area contributed by atoms with E-state index in [0.29, 0.717) is 17.1 Å². The van der Waals surface area contributed by atoms with Crippen LogP contribution in [0.3, 0.4) is 0 Å². The highest BCUT2D eigenvalue weighted by molar-refractivity contribution is 5.90. The quantitative estimate of drug-likeness (QED) is 0.378. The van der Waals surface area contributed by atoms with Gasteiger partial charge < -0.3 is 13.9 Å². The molecule has 0 unspecified atom stereocenters. The summed E-state index contributed by atoms with van der Waals surface area (Å²) in [5.41, 5.74) is 4.48. The summed E-state index contributed by atoms with van der Waals surface area (Å²) in [4.78, 5) is 23.6. The highest BCUT2D eigenvalue weighted by Gasteiger charge is 2.09. The molecule has 0 fully saturated rings. The van der Waals surface area contributed by atoms with Crippen LogP contribution in [0.15, 0.2) is 70.2 Å². The minimum atomic E-state index is -0.417. The van der Waals surface area contributed by atoms with Crippen LogP contribution < -0.4 is 10.2 Å². The molecule has 3 rings (SSSR count). The topological polar surface area (TPSA) is 90.1 Å². The Balaban J connectivity index is 1.58. The number of methoxy groups -OCH3 is 2. The molecule has 148 valence electrons. The Kier molecular flexibility index (Phi) is 6.42. The normalized spacial score (nSPS) is 10.7. The third-order valence-corrected chi connectivity index (χ3v) is 4.10. The zero-order valence-electron chi connectivity index (χ0n) is 16.0. The molecular weight excluding hydrogens is 372 g/mol. The molecule has 0 aliphatic rings. The summed E-state index contributed by atoms with van der Waals surface area (Å²) in [6.07, 6.45) is 1.62. The molecule has 0 aliphatic heterocycles. The highest BCUT2D eigenvalue weighted by Crippen LogP contribution is 2.23. The summed E-state index contributed by atoms with van der Waals surface area (Å²) >= 11 is 0. The molecule has 0 bridgehead atoms. The number of carbonyl (C=O) groups excluding carboxylic acids is 2. The van der Waals surface area contributed by atoms with Crippen LogP contribution in [0.4, 0.5) is 0 Å². The van der Waals surface area contributed by atoms with Gasteiger partial charge in [0.05, 0.1) is 32.4 Å². The Morgan fingerprint density at radius 2 is 1.86 bits per heavy atom. The Hall–Kier alpha value is -3.87. The molecule has 1 heterocycles. The van der Waals surface area contributed by atoms with Crippen LogP contribution in [0, 0.1) is 0 Å². The van der Waals surface area contributed by atoms with Gasteiger partial charge in [0.25, 0.3) is 0 Å². The monoisotopic (exact) mass is 392 g/mol. The first-order valence-corrected chi connectivity index (χ1v) is 8.82. The van der Waals surface area contributed by atoms with Gasteiger partial charge in [-0.2, -0.15) is 5.10 Å². The van der Waals surface area contributed by atoms with E-state index >= 15 is 0 Å². The van der Waals surface area contributed by atoms with Gasteiger partial charge in [-0.05, 0) is 42.0 Å². The molecule has 1 N–H and O–H groups in total. The summed E-state index contributed by atoms with van der Waals surface area (Å²) in [7, 11) is 2.92. The van der Waals surface area contributed by atoms with Crippen molar-refractivity contribution in [2.75, 3.05) is 14.2 Å². The number of benzene rings is 2. The largest absolute Gasteiger partial charge is 0.497 e. The number of nitrogens with one attached hydrogen (secondary N) is 1. The predicted octanol–water partition coefficient (Wildman–Crippen LogP) is 3.43. The molecule has 0 atom stereocenters. The van der Waals surface area contributed by atoms with Crippen molar-refractivity contribution in [3.8, 4) is 17.1 Å². The lowest BCUT2D eigenvalue weighted by Crippen LogP contribution is -2.19. The average Bonchev–Trinajstić information content (AvgIpc) is 3.23. The van der Waals surface area contributed by atoms with Crippen molar-refractivity contribution < 1.29 is 23.5 Å². The summed E-state index contributed by atoms with van der Waals surface area (Å²) in [5, 5.41) is 3.92. The van der Waals surface area contributed by atoms with Crippen molar-refractivity contribution in [2.24, 2.45) is 5.10 Å². The van der Waals surface area contributed by atoms with Crippen LogP contribution in [0.25, 0.3) is 11.3 Å². The minimum Gasteiger partial charge on any atom is -0.497 e. The van der Waals surface area contributed by atoms with Gasteiger partial charge in [0, 0.05) is 5.56 Å². The second kappa shape index (κ2) is 9.36. The van der Waals surface area contributed by atoms with Crippen molar-refractivity contribution >= 4 is 18.1 Å². The molecule has 7 nitrogen and oxygen atoms in total. The van der Waals surface area contributed by atoms with Gasteiger partial charge in [-0.3, -0.25) is 4.79 Å². The molecule has 0 radical (unpaired) electrons. The number of hydrogen-bond acceptors (Lipinski definition) is 6. The summed E-state index contributed by atoms with van der Waals surface area (Å²) < 4.78 is 15.5. The van der Waals surface area contributed by atoms with Crippen LogP contribution in [0.1, 0.15) is 21.7 Å². The number of ether oxygens (including phenoxy) is 2. The highest BCUT2D eigenvalue weighted by atomic mass is 16.5. The van der Waals surface area contributed by atoms with Gasteiger partial charge in [0.2, 0.25) is 5.91 Å².